The maximum atomic E-state index is 14.4. The summed E-state index contributed by atoms with van der Waals surface area (Å²) in [6.45, 7) is 7.06. The number of amides is 1. The zero-order valence-corrected chi connectivity index (χ0v) is 16.3. The van der Waals surface area contributed by atoms with Gasteiger partial charge in [-0.05, 0) is 52.0 Å². The number of benzene rings is 1. The number of carbonyl (C=O) groups is 1. The van der Waals surface area contributed by atoms with Crippen LogP contribution in [0.5, 0.6) is 0 Å². The smallest absolute Gasteiger partial charge is 0.428 e. The van der Waals surface area contributed by atoms with Crippen LogP contribution in [-0.4, -0.2) is 27.2 Å². The van der Waals surface area contributed by atoms with Crippen LogP contribution in [0.25, 0.3) is 0 Å². The van der Waals surface area contributed by atoms with Gasteiger partial charge in [0.1, 0.15) is 17.1 Å². The summed E-state index contributed by atoms with van der Waals surface area (Å²) in [5.41, 5.74) is 3.46. The van der Waals surface area contributed by atoms with E-state index in [9.17, 15) is 9.18 Å². The number of halogens is 2. The lowest BCUT2D eigenvalue weighted by molar-refractivity contribution is 0.0529. The lowest BCUT2D eigenvalue weighted by atomic mass is 10.1. The molecular formula is C17H20BrFN4O2. The first kappa shape index (κ1) is 19.1. The van der Waals surface area contributed by atoms with E-state index in [-0.39, 0.29) is 11.3 Å². The lowest BCUT2D eigenvalue weighted by Crippen LogP contribution is -2.31. The average molecular weight is 411 g/mol. The molecular weight excluding hydrogens is 391 g/mol. The highest BCUT2D eigenvalue weighted by Crippen LogP contribution is 2.19. The second-order valence-electron chi connectivity index (χ2n) is 6.49. The van der Waals surface area contributed by atoms with Crippen LogP contribution in [0.2, 0.25) is 0 Å². The van der Waals surface area contributed by atoms with E-state index in [1.165, 1.54) is 6.07 Å². The second kappa shape index (κ2) is 7.35. The third-order valence-electron chi connectivity index (χ3n) is 3.09. The van der Waals surface area contributed by atoms with E-state index in [1.54, 1.807) is 50.7 Å². The Morgan fingerprint density at radius 2 is 2.04 bits per heavy atom. The molecule has 0 aliphatic heterocycles. The molecule has 1 N–H and O–H groups in total. The number of aromatic nitrogens is 2. The summed E-state index contributed by atoms with van der Waals surface area (Å²) < 4.78 is 21.8. The van der Waals surface area contributed by atoms with E-state index in [2.05, 4.69) is 31.6 Å². The molecule has 0 spiro atoms. The number of ether oxygens (including phenoxy) is 1. The van der Waals surface area contributed by atoms with Crippen LogP contribution < -0.4 is 5.43 Å². The minimum atomic E-state index is -0.721. The Bertz CT molecular complexity index is 825. The minimum Gasteiger partial charge on any atom is -0.443 e. The number of hydrogen-bond acceptors (Lipinski definition) is 4. The highest BCUT2D eigenvalue weighted by molar-refractivity contribution is 9.10. The van der Waals surface area contributed by atoms with Gasteiger partial charge in [0.05, 0.1) is 11.4 Å². The molecule has 25 heavy (non-hydrogen) atoms. The van der Waals surface area contributed by atoms with E-state index in [0.717, 1.165) is 5.69 Å². The van der Waals surface area contributed by atoms with Gasteiger partial charge in [0, 0.05) is 17.1 Å². The van der Waals surface area contributed by atoms with Gasteiger partial charge in [-0.2, -0.15) is 10.2 Å². The SMILES string of the molecule is Cc1cc(C(=NNC(=O)OC(C)(C)C)c2ccc(Br)cc2F)n(C)n1. The molecule has 1 aromatic heterocycles. The Balaban J connectivity index is 2.44. The maximum absolute atomic E-state index is 14.4. The second-order valence-corrected chi connectivity index (χ2v) is 7.41. The molecule has 134 valence electrons. The van der Waals surface area contributed by atoms with Crippen LogP contribution in [0, 0.1) is 12.7 Å². The van der Waals surface area contributed by atoms with Gasteiger partial charge in [0.2, 0.25) is 0 Å². The molecule has 0 radical (unpaired) electrons. The Labute approximate surface area is 154 Å². The largest absolute Gasteiger partial charge is 0.443 e. The van der Waals surface area contributed by atoms with Crippen LogP contribution >= 0.6 is 15.9 Å². The number of nitrogens with zero attached hydrogens (tertiary/aromatic N) is 3. The van der Waals surface area contributed by atoms with Crippen molar-refractivity contribution in [2.24, 2.45) is 12.1 Å². The van der Waals surface area contributed by atoms with Gasteiger partial charge in [-0.25, -0.2) is 14.6 Å². The molecule has 0 atom stereocenters. The third kappa shape index (κ3) is 5.12. The third-order valence-corrected chi connectivity index (χ3v) is 3.58. The van der Waals surface area contributed by atoms with Crippen molar-refractivity contribution in [3.63, 3.8) is 0 Å². The summed E-state index contributed by atoms with van der Waals surface area (Å²) >= 11 is 3.23. The molecule has 0 bridgehead atoms. The normalized spacial score (nSPS) is 12.2. The van der Waals surface area contributed by atoms with Gasteiger partial charge >= 0.3 is 6.09 Å². The predicted molar refractivity (Wildman–Crippen MR) is 97.1 cm³/mol. The summed E-state index contributed by atoms with van der Waals surface area (Å²) in [5.74, 6) is -0.474. The molecule has 2 rings (SSSR count). The van der Waals surface area contributed by atoms with Crippen molar-refractivity contribution in [2.75, 3.05) is 0 Å². The van der Waals surface area contributed by atoms with Gasteiger partial charge in [-0.1, -0.05) is 15.9 Å². The first-order valence-electron chi connectivity index (χ1n) is 7.60. The first-order chi connectivity index (χ1) is 11.6. The van der Waals surface area contributed by atoms with Crippen molar-refractivity contribution in [3.8, 4) is 0 Å². The van der Waals surface area contributed by atoms with Crippen LogP contribution in [0.4, 0.5) is 9.18 Å². The molecule has 0 aliphatic rings. The number of nitrogens with one attached hydrogen (secondary N) is 1. The van der Waals surface area contributed by atoms with E-state index in [0.29, 0.717) is 10.2 Å². The van der Waals surface area contributed by atoms with E-state index in [4.69, 9.17) is 4.74 Å². The highest BCUT2D eigenvalue weighted by Gasteiger charge is 2.19. The predicted octanol–water partition coefficient (Wildman–Crippen LogP) is 3.91. The van der Waals surface area contributed by atoms with Crippen molar-refractivity contribution in [3.05, 3.63) is 51.5 Å². The minimum absolute atomic E-state index is 0.238. The fourth-order valence-electron chi connectivity index (χ4n) is 2.17. The molecule has 6 nitrogen and oxygen atoms in total. The van der Waals surface area contributed by atoms with Gasteiger partial charge in [-0.3, -0.25) is 4.68 Å². The number of hydrogen-bond donors (Lipinski definition) is 1. The maximum Gasteiger partial charge on any atom is 0.428 e. The summed E-state index contributed by atoms with van der Waals surface area (Å²) in [5, 5.41) is 8.34. The number of rotatable bonds is 3. The zero-order valence-electron chi connectivity index (χ0n) is 14.7. The fourth-order valence-corrected chi connectivity index (χ4v) is 2.50. The van der Waals surface area contributed by atoms with Crippen molar-refractivity contribution >= 4 is 27.7 Å². The molecule has 0 saturated carbocycles. The zero-order chi connectivity index (χ0) is 18.8. The summed E-state index contributed by atoms with van der Waals surface area (Å²) in [6.07, 6.45) is -0.721. The van der Waals surface area contributed by atoms with E-state index >= 15 is 0 Å². The fraction of sp³-hybridized carbons (Fsp3) is 0.353. The Morgan fingerprint density at radius 1 is 1.36 bits per heavy atom. The molecule has 0 fully saturated rings. The Hall–Kier alpha value is -2.22. The summed E-state index contributed by atoms with van der Waals surface area (Å²) in [4.78, 5) is 11.9. The Morgan fingerprint density at radius 3 is 2.56 bits per heavy atom. The van der Waals surface area contributed by atoms with Crippen molar-refractivity contribution in [1.29, 1.82) is 0 Å². The summed E-state index contributed by atoms with van der Waals surface area (Å²) in [6, 6.07) is 6.38. The summed E-state index contributed by atoms with van der Waals surface area (Å²) in [7, 11) is 1.72. The van der Waals surface area contributed by atoms with Gasteiger partial charge in [-0.15, -0.1) is 0 Å². The highest BCUT2D eigenvalue weighted by atomic mass is 79.9. The monoisotopic (exact) mass is 410 g/mol. The standard InChI is InChI=1S/C17H20BrFN4O2/c1-10-8-14(23(5)22-10)15(12-7-6-11(18)9-13(12)19)20-21-16(24)25-17(2,3)4/h6-9H,1-5H3,(H,21,24). The Kier molecular flexibility index (Phi) is 5.62. The molecule has 0 saturated heterocycles. The van der Waals surface area contributed by atoms with E-state index < -0.39 is 17.5 Å². The van der Waals surface area contributed by atoms with Crippen molar-refractivity contribution < 1.29 is 13.9 Å². The molecule has 1 amide bonds. The number of carbonyl (C=O) groups excluding carboxylic acids is 1. The molecule has 2 aromatic rings. The first-order valence-corrected chi connectivity index (χ1v) is 8.39. The van der Waals surface area contributed by atoms with Gasteiger partial charge in [0.25, 0.3) is 0 Å². The molecule has 0 unspecified atom stereocenters. The van der Waals surface area contributed by atoms with Crippen LogP contribution in [0.3, 0.4) is 0 Å². The number of aryl methyl sites for hydroxylation is 2. The van der Waals surface area contributed by atoms with Gasteiger partial charge < -0.3 is 4.74 Å². The van der Waals surface area contributed by atoms with Crippen molar-refractivity contribution in [2.45, 2.75) is 33.3 Å². The molecule has 1 aromatic carbocycles. The van der Waals surface area contributed by atoms with Crippen molar-refractivity contribution in [1.82, 2.24) is 15.2 Å². The van der Waals surface area contributed by atoms with Gasteiger partial charge in [0.15, 0.2) is 0 Å². The topological polar surface area (TPSA) is 68.5 Å². The van der Waals surface area contributed by atoms with E-state index in [1.807, 2.05) is 6.92 Å². The molecule has 1 heterocycles. The number of hydrazone groups is 1. The van der Waals surface area contributed by atoms with Crippen LogP contribution in [-0.2, 0) is 11.8 Å². The average Bonchev–Trinajstić information content (AvgIpc) is 2.78. The van der Waals surface area contributed by atoms with Crippen LogP contribution in [0.1, 0.15) is 37.7 Å². The molecule has 0 aliphatic carbocycles. The van der Waals surface area contributed by atoms with Crippen LogP contribution in [0.15, 0.2) is 33.8 Å². The molecule has 8 heteroatoms. The lowest BCUT2D eigenvalue weighted by Gasteiger charge is -2.18. The quantitative estimate of drug-likeness (QED) is 0.615.